The minimum absolute atomic E-state index is 0.405. The third kappa shape index (κ3) is 3.00. The zero-order valence-electron chi connectivity index (χ0n) is 11.7. The molecule has 2 nitrogen and oxygen atoms in total. The van der Waals surface area contributed by atoms with E-state index in [-0.39, 0.29) is 0 Å². The molecule has 0 atom stereocenters. The van der Waals surface area contributed by atoms with Crippen molar-refractivity contribution < 1.29 is 18.7 Å². The van der Waals surface area contributed by atoms with Crippen molar-refractivity contribution in [1.29, 1.82) is 0 Å². The van der Waals surface area contributed by atoms with Gasteiger partial charge in [-0.1, -0.05) is 43.5 Å². The van der Waals surface area contributed by atoms with Gasteiger partial charge in [0.15, 0.2) is 0 Å². The molecule has 0 bridgehead atoms. The topological polar surface area (TPSA) is 37.3 Å². The molecule has 1 fully saturated rings. The average molecular weight is 282 g/mol. The minimum Gasteiger partial charge on any atom is -0.481 e. The van der Waals surface area contributed by atoms with Crippen LogP contribution in [0.4, 0.5) is 8.78 Å². The van der Waals surface area contributed by atoms with Crippen LogP contribution < -0.4 is 0 Å². The lowest BCUT2D eigenvalue weighted by atomic mass is 9.67. The Labute approximate surface area is 117 Å². The summed E-state index contributed by atoms with van der Waals surface area (Å²) < 4.78 is 26.7. The van der Waals surface area contributed by atoms with E-state index in [0.717, 1.165) is 26.2 Å². The molecule has 2 rings (SSSR count). The molecule has 1 aliphatic rings. The van der Waals surface area contributed by atoms with Crippen molar-refractivity contribution in [1.82, 2.24) is 0 Å². The van der Waals surface area contributed by atoms with Crippen LogP contribution in [-0.2, 0) is 16.6 Å². The molecule has 1 aromatic rings. The first kappa shape index (κ1) is 14.9. The Morgan fingerprint density at radius 3 is 2.40 bits per heavy atom. The van der Waals surface area contributed by atoms with Crippen molar-refractivity contribution in [3.8, 4) is 0 Å². The molecule has 0 saturated heterocycles. The van der Waals surface area contributed by atoms with Crippen LogP contribution in [0.2, 0.25) is 0 Å². The molecule has 0 amide bonds. The lowest BCUT2D eigenvalue weighted by Crippen LogP contribution is -2.39. The van der Waals surface area contributed by atoms with Gasteiger partial charge in [-0.3, -0.25) is 4.79 Å². The van der Waals surface area contributed by atoms with Crippen LogP contribution in [0.15, 0.2) is 24.3 Å². The summed E-state index contributed by atoms with van der Waals surface area (Å²) in [7, 11) is 0. The van der Waals surface area contributed by atoms with E-state index in [2.05, 4.69) is 0 Å². The zero-order chi connectivity index (χ0) is 14.8. The van der Waals surface area contributed by atoms with Gasteiger partial charge in [-0.2, -0.15) is 0 Å². The SMILES string of the molecule is CC(F)(F)Cc1ccccc1C1(C(=O)O)CCCCC1. The van der Waals surface area contributed by atoms with Crippen molar-refractivity contribution in [2.75, 3.05) is 0 Å². The maximum absolute atomic E-state index is 13.3. The first-order valence-electron chi connectivity index (χ1n) is 7.05. The number of alkyl halides is 2. The van der Waals surface area contributed by atoms with Gasteiger partial charge in [0.25, 0.3) is 0 Å². The summed E-state index contributed by atoms with van der Waals surface area (Å²) in [5, 5.41) is 9.68. The van der Waals surface area contributed by atoms with E-state index in [9.17, 15) is 18.7 Å². The predicted molar refractivity (Wildman–Crippen MR) is 73.2 cm³/mol. The molecule has 0 unspecified atom stereocenters. The van der Waals surface area contributed by atoms with Crippen molar-refractivity contribution in [3.63, 3.8) is 0 Å². The van der Waals surface area contributed by atoms with Gasteiger partial charge in [0, 0.05) is 6.42 Å². The minimum atomic E-state index is -2.83. The summed E-state index contributed by atoms with van der Waals surface area (Å²) in [5.74, 6) is -3.71. The van der Waals surface area contributed by atoms with Gasteiger partial charge < -0.3 is 5.11 Å². The highest BCUT2D eigenvalue weighted by molar-refractivity contribution is 5.82. The summed E-state index contributed by atoms with van der Waals surface area (Å²) in [4.78, 5) is 11.8. The highest BCUT2D eigenvalue weighted by atomic mass is 19.3. The van der Waals surface area contributed by atoms with E-state index in [1.54, 1.807) is 24.3 Å². The van der Waals surface area contributed by atoms with Crippen molar-refractivity contribution >= 4 is 5.97 Å². The van der Waals surface area contributed by atoms with Gasteiger partial charge in [0.1, 0.15) is 0 Å². The van der Waals surface area contributed by atoms with Crippen LogP contribution in [0.1, 0.15) is 50.2 Å². The molecule has 0 radical (unpaired) electrons. The predicted octanol–water partition coefficient (Wildman–Crippen LogP) is 4.17. The molecule has 1 saturated carbocycles. The van der Waals surface area contributed by atoms with E-state index in [1.165, 1.54) is 0 Å². The number of aliphatic carboxylic acids is 1. The monoisotopic (exact) mass is 282 g/mol. The molecule has 1 N–H and O–H groups in total. The summed E-state index contributed by atoms with van der Waals surface area (Å²) in [6, 6.07) is 6.78. The Morgan fingerprint density at radius 2 is 1.85 bits per heavy atom. The number of carboxylic acids is 1. The second-order valence-corrected chi connectivity index (χ2v) is 5.85. The Kier molecular flexibility index (Phi) is 4.11. The van der Waals surface area contributed by atoms with Gasteiger partial charge in [0.2, 0.25) is 5.92 Å². The molecule has 110 valence electrons. The van der Waals surface area contributed by atoms with Crippen LogP contribution in [-0.4, -0.2) is 17.0 Å². The molecule has 0 aliphatic heterocycles. The second-order valence-electron chi connectivity index (χ2n) is 5.85. The summed E-state index contributed by atoms with van der Waals surface area (Å²) in [6.45, 7) is 0.873. The van der Waals surface area contributed by atoms with E-state index < -0.39 is 23.7 Å². The fraction of sp³-hybridized carbons (Fsp3) is 0.562. The van der Waals surface area contributed by atoms with Gasteiger partial charge in [-0.15, -0.1) is 0 Å². The van der Waals surface area contributed by atoms with Crippen LogP contribution >= 0.6 is 0 Å². The first-order chi connectivity index (χ1) is 9.35. The third-order valence-corrected chi connectivity index (χ3v) is 4.15. The summed E-state index contributed by atoms with van der Waals surface area (Å²) in [5.41, 5.74) is 0.0538. The molecule has 0 heterocycles. The molecular weight excluding hydrogens is 262 g/mol. The lowest BCUT2D eigenvalue weighted by molar-refractivity contribution is -0.145. The normalized spacial score (nSPS) is 18.8. The van der Waals surface area contributed by atoms with Gasteiger partial charge in [-0.25, -0.2) is 8.78 Å². The average Bonchev–Trinajstić information content (AvgIpc) is 2.38. The number of carboxylic acid groups (broad SMARTS) is 1. The lowest BCUT2D eigenvalue weighted by Gasteiger charge is -2.35. The maximum Gasteiger partial charge on any atom is 0.314 e. The largest absolute Gasteiger partial charge is 0.481 e. The Hall–Kier alpha value is -1.45. The highest BCUT2D eigenvalue weighted by Crippen LogP contribution is 2.42. The van der Waals surface area contributed by atoms with Crippen LogP contribution in [0.5, 0.6) is 0 Å². The van der Waals surface area contributed by atoms with E-state index >= 15 is 0 Å². The second kappa shape index (κ2) is 5.51. The molecular formula is C16H20F2O2. The molecule has 1 aliphatic carbocycles. The van der Waals surface area contributed by atoms with Crippen molar-refractivity contribution in [2.24, 2.45) is 0 Å². The van der Waals surface area contributed by atoms with Crippen LogP contribution in [0.3, 0.4) is 0 Å². The van der Waals surface area contributed by atoms with Crippen molar-refractivity contribution in [3.05, 3.63) is 35.4 Å². The highest BCUT2D eigenvalue weighted by Gasteiger charge is 2.43. The first-order valence-corrected chi connectivity index (χ1v) is 7.05. The fourth-order valence-corrected chi connectivity index (χ4v) is 3.23. The third-order valence-electron chi connectivity index (χ3n) is 4.15. The summed E-state index contributed by atoms with van der Waals surface area (Å²) >= 11 is 0. The smallest absolute Gasteiger partial charge is 0.314 e. The maximum atomic E-state index is 13.3. The van der Waals surface area contributed by atoms with Gasteiger partial charge >= 0.3 is 5.97 Å². The molecule has 0 aromatic heterocycles. The fourth-order valence-electron chi connectivity index (χ4n) is 3.23. The van der Waals surface area contributed by atoms with Crippen molar-refractivity contribution in [2.45, 2.75) is 56.8 Å². The number of rotatable bonds is 4. The van der Waals surface area contributed by atoms with E-state index in [1.807, 2.05) is 0 Å². The molecule has 20 heavy (non-hydrogen) atoms. The number of halogens is 2. The Bertz CT molecular complexity index is 485. The Morgan fingerprint density at radius 1 is 1.25 bits per heavy atom. The molecule has 4 heteroatoms. The standard InChI is InChI=1S/C16H20F2O2/c1-15(17,18)11-12-7-3-4-8-13(12)16(14(19)20)9-5-2-6-10-16/h3-4,7-8H,2,5-6,9-11H2,1H3,(H,19,20). The Balaban J connectivity index is 2.46. The van der Waals surface area contributed by atoms with Crippen LogP contribution in [0, 0.1) is 0 Å². The molecule has 0 spiro atoms. The number of benzene rings is 1. The number of hydrogen-bond acceptors (Lipinski definition) is 1. The summed E-state index contributed by atoms with van der Waals surface area (Å²) in [6.07, 6.45) is 3.36. The van der Waals surface area contributed by atoms with E-state index in [0.29, 0.717) is 24.0 Å². The number of carbonyl (C=O) groups is 1. The van der Waals surface area contributed by atoms with E-state index in [4.69, 9.17) is 0 Å². The number of hydrogen-bond donors (Lipinski definition) is 1. The molecule has 1 aromatic carbocycles. The van der Waals surface area contributed by atoms with Crippen LogP contribution in [0.25, 0.3) is 0 Å². The quantitative estimate of drug-likeness (QED) is 0.900. The van der Waals surface area contributed by atoms with Gasteiger partial charge in [-0.05, 0) is 30.9 Å². The zero-order valence-corrected chi connectivity index (χ0v) is 11.7. The van der Waals surface area contributed by atoms with Gasteiger partial charge in [0.05, 0.1) is 5.41 Å².